The quantitative estimate of drug-likeness (QED) is 0.778. The number of amides is 1. The number of nitrogens with one attached hydrogen (secondary N) is 1. The van der Waals surface area contributed by atoms with Gasteiger partial charge in [0.1, 0.15) is 17.4 Å². The number of rotatable bonds is 7. The molecule has 0 aliphatic rings. The van der Waals surface area contributed by atoms with Crippen LogP contribution in [0.2, 0.25) is 0 Å². The third-order valence-electron chi connectivity index (χ3n) is 3.88. The van der Waals surface area contributed by atoms with Gasteiger partial charge in [-0.15, -0.1) is 0 Å². The number of ether oxygens (including phenoxy) is 1. The zero-order valence-electron chi connectivity index (χ0n) is 15.1. The Bertz CT molecular complexity index is 948. The van der Waals surface area contributed by atoms with Crippen LogP contribution in [0.5, 0.6) is 5.75 Å². The van der Waals surface area contributed by atoms with Crippen molar-refractivity contribution < 1.29 is 26.7 Å². The predicted molar refractivity (Wildman–Crippen MR) is 97.3 cm³/mol. The molecular weight excluding hydrogens is 378 g/mol. The second-order valence-corrected chi connectivity index (χ2v) is 7.56. The summed E-state index contributed by atoms with van der Waals surface area (Å²) in [5.41, 5.74) is 0.530. The van der Waals surface area contributed by atoms with Crippen LogP contribution in [-0.4, -0.2) is 34.5 Å². The Balaban J connectivity index is 2.12. The molecule has 27 heavy (non-hydrogen) atoms. The molecule has 0 atom stereocenters. The fourth-order valence-electron chi connectivity index (χ4n) is 2.54. The molecule has 0 spiro atoms. The zero-order valence-corrected chi connectivity index (χ0v) is 15.9. The maximum Gasteiger partial charge on any atom is 0.240 e. The van der Waals surface area contributed by atoms with Crippen LogP contribution < -0.4 is 14.4 Å². The topological polar surface area (TPSA) is 75.7 Å². The Hall–Kier alpha value is -2.52. The van der Waals surface area contributed by atoms with Gasteiger partial charge in [-0.2, -0.15) is 0 Å². The first-order chi connectivity index (χ1) is 12.7. The smallest absolute Gasteiger partial charge is 0.240 e. The molecule has 2 rings (SSSR count). The molecule has 6 nitrogen and oxygen atoms in total. The molecule has 2 aromatic carbocycles. The van der Waals surface area contributed by atoms with Gasteiger partial charge >= 0.3 is 0 Å². The number of nitrogens with zero attached hydrogens (tertiary/aromatic N) is 1. The normalized spacial score (nSPS) is 11.3. The van der Waals surface area contributed by atoms with E-state index >= 15 is 0 Å². The fraction of sp³-hybridized carbons (Fsp3) is 0.278. The van der Waals surface area contributed by atoms with Crippen molar-refractivity contribution >= 4 is 21.6 Å². The number of anilines is 1. The van der Waals surface area contributed by atoms with Crippen molar-refractivity contribution in [2.45, 2.75) is 18.7 Å². The van der Waals surface area contributed by atoms with Gasteiger partial charge < -0.3 is 9.64 Å². The van der Waals surface area contributed by atoms with Crippen molar-refractivity contribution in [3.05, 3.63) is 53.6 Å². The highest BCUT2D eigenvalue weighted by Crippen LogP contribution is 2.22. The largest absolute Gasteiger partial charge is 0.496 e. The van der Waals surface area contributed by atoms with Crippen molar-refractivity contribution in [1.82, 2.24) is 4.72 Å². The summed E-state index contributed by atoms with van der Waals surface area (Å²) in [6, 6.07) is 7.22. The van der Waals surface area contributed by atoms with Gasteiger partial charge in [-0.05, 0) is 42.8 Å². The first kappa shape index (κ1) is 20.8. The molecule has 0 saturated carbocycles. The maximum atomic E-state index is 13.9. The van der Waals surface area contributed by atoms with Crippen LogP contribution in [0.4, 0.5) is 14.5 Å². The molecule has 0 aliphatic heterocycles. The molecule has 0 radical (unpaired) electrons. The summed E-state index contributed by atoms with van der Waals surface area (Å²) in [4.78, 5) is 12.9. The summed E-state index contributed by atoms with van der Waals surface area (Å²) in [7, 11) is -2.34. The molecule has 1 amide bonds. The molecule has 2 aromatic rings. The Labute approximate surface area is 156 Å². The molecular formula is C18H20F2N2O4S. The van der Waals surface area contributed by atoms with Gasteiger partial charge in [0.2, 0.25) is 15.9 Å². The Morgan fingerprint density at radius 1 is 1.19 bits per heavy atom. The lowest BCUT2D eigenvalue weighted by Gasteiger charge is -2.22. The van der Waals surface area contributed by atoms with E-state index in [9.17, 15) is 22.0 Å². The second kappa shape index (κ2) is 8.45. The predicted octanol–water partition coefficient (Wildman–Crippen LogP) is 2.61. The molecule has 0 saturated heterocycles. The monoisotopic (exact) mass is 398 g/mol. The van der Waals surface area contributed by atoms with E-state index in [-0.39, 0.29) is 23.7 Å². The molecule has 0 bridgehead atoms. The summed E-state index contributed by atoms with van der Waals surface area (Å²) in [6.07, 6.45) is 0. The van der Waals surface area contributed by atoms with Crippen molar-refractivity contribution in [3.8, 4) is 5.75 Å². The van der Waals surface area contributed by atoms with E-state index in [0.717, 1.165) is 17.0 Å². The number of carbonyl (C=O) groups is 1. The van der Waals surface area contributed by atoms with Gasteiger partial charge in [0.25, 0.3) is 0 Å². The molecule has 1 N–H and O–H groups in total. The number of halogens is 2. The van der Waals surface area contributed by atoms with E-state index in [4.69, 9.17) is 4.74 Å². The highest BCUT2D eigenvalue weighted by molar-refractivity contribution is 7.89. The number of carbonyl (C=O) groups excluding carboxylic acids is 1. The standard InChI is InChI=1S/C18H20F2N2O4S/c1-12-10-15(5-7-18(12)26-3)27(24,25)21-8-9-22(13(2)23)17-6-4-14(19)11-16(17)20/h4-7,10-11,21H,8-9H2,1-3H3. The number of hydrogen-bond acceptors (Lipinski definition) is 4. The minimum absolute atomic E-state index is 0.0446. The first-order valence-corrected chi connectivity index (χ1v) is 9.51. The van der Waals surface area contributed by atoms with E-state index in [1.165, 1.54) is 26.2 Å². The molecule has 0 unspecified atom stereocenters. The number of sulfonamides is 1. The van der Waals surface area contributed by atoms with Crippen LogP contribution >= 0.6 is 0 Å². The minimum atomic E-state index is -3.83. The Morgan fingerprint density at radius 3 is 2.44 bits per heavy atom. The van der Waals surface area contributed by atoms with Gasteiger partial charge in [-0.3, -0.25) is 4.79 Å². The van der Waals surface area contributed by atoms with Crippen LogP contribution in [0.1, 0.15) is 12.5 Å². The summed E-state index contributed by atoms with van der Waals surface area (Å²) < 4.78 is 59.2. The number of benzene rings is 2. The summed E-state index contributed by atoms with van der Waals surface area (Å²) >= 11 is 0. The van der Waals surface area contributed by atoms with E-state index in [1.807, 2.05) is 0 Å². The Kier molecular flexibility index (Phi) is 6.50. The lowest BCUT2D eigenvalue weighted by molar-refractivity contribution is -0.116. The molecule has 0 aliphatic carbocycles. The van der Waals surface area contributed by atoms with Gasteiger partial charge in [-0.1, -0.05) is 0 Å². The number of methoxy groups -OCH3 is 1. The minimum Gasteiger partial charge on any atom is -0.496 e. The second-order valence-electron chi connectivity index (χ2n) is 5.80. The number of aryl methyl sites for hydroxylation is 1. The van der Waals surface area contributed by atoms with Crippen LogP contribution in [-0.2, 0) is 14.8 Å². The summed E-state index contributed by atoms with van der Waals surface area (Å²) in [6.45, 7) is 2.66. The van der Waals surface area contributed by atoms with E-state index < -0.39 is 27.6 Å². The zero-order chi connectivity index (χ0) is 20.2. The SMILES string of the molecule is COc1ccc(S(=O)(=O)NCCN(C(C)=O)c2ccc(F)cc2F)cc1C. The van der Waals surface area contributed by atoms with Gasteiger partial charge in [0.15, 0.2) is 0 Å². The molecule has 0 aromatic heterocycles. The van der Waals surface area contributed by atoms with Crippen molar-refractivity contribution in [2.24, 2.45) is 0 Å². The lowest BCUT2D eigenvalue weighted by atomic mass is 10.2. The number of hydrogen-bond donors (Lipinski definition) is 1. The molecule has 146 valence electrons. The molecule has 0 heterocycles. The van der Waals surface area contributed by atoms with Crippen molar-refractivity contribution in [1.29, 1.82) is 0 Å². The highest BCUT2D eigenvalue weighted by Gasteiger charge is 2.19. The fourth-order valence-corrected chi connectivity index (χ4v) is 3.65. The average Bonchev–Trinajstić information content (AvgIpc) is 2.59. The molecule has 0 fully saturated rings. The first-order valence-electron chi connectivity index (χ1n) is 8.03. The summed E-state index contributed by atoms with van der Waals surface area (Å²) in [5.74, 6) is -1.61. The maximum absolute atomic E-state index is 13.9. The summed E-state index contributed by atoms with van der Waals surface area (Å²) in [5, 5.41) is 0. The highest BCUT2D eigenvalue weighted by atomic mass is 32.2. The molecule has 9 heteroatoms. The van der Waals surface area contributed by atoms with Crippen LogP contribution in [0.15, 0.2) is 41.3 Å². The van der Waals surface area contributed by atoms with Gasteiger partial charge in [0, 0.05) is 26.1 Å². The van der Waals surface area contributed by atoms with E-state index in [2.05, 4.69) is 4.72 Å². The third kappa shape index (κ3) is 5.01. The van der Waals surface area contributed by atoms with Crippen molar-refractivity contribution in [3.63, 3.8) is 0 Å². The Morgan fingerprint density at radius 2 is 1.89 bits per heavy atom. The third-order valence-corrected chi connectivity index (χ3v) is 5.34. The van der Waals surface area contributed by atoms with E-state index in [1.54, 1.807) is 13.0 Å². The van der Waals surface area contributed by atoms with Gasteiger partial charge in [0.05, 0.1) is 17.7 Å². The van der Waals surface area contributed by atoms with E-state index in [0.29, 0.717) is 17.4 Å². The van der Waals surface area contributed by atoms with Crippen LogP contribution in [0, 0.1) is 18.6 Å². The lowest BCUT2D eigenvalue weighted by Crippen LogP contribution is -2.38. The van der Waals surface area contributed by atoms with Crippen LogP contribution in [0.25, 0.3) is 0 Å². The van der Waals surface area contributed by atoms with Crippen LogP contribution in [0.3, 0.4) is 0 Å². The average molecular weight is 398 g/mol. The van der Waals surface area contributed by atoms with Crippen molar-refractivity contribution in [2.75, 3.05) is 25.1 Å². The van der Waals surface area contributed by atoms with Gasteiger partial charge in [-0.25, -0.2) is 21.9 Å².